The quantitative estimate of drug-likeness (QED) is 0.782. The van der Waals surface area contributed by atoms with Crippen molar-refractivity contribution in [3.8, 4) is 0 Å². The Labute approximate surface area is 126 Å². The van der Waals surface area contributed by atoms with E-state index < -0.39 is 12.7 Å². The molecule has 0 amide bonds. The standard InChI is InChI=1S/C15H29F3N2O/c1-12(2)19-8-14(6-5-7-21-11-14)9-20(13(3)4)10-15(16,17)18/h12-13,19H,5-11H2,1-4H3. The van der Waals surface area contributed by atoms with Crippen molar-refractivity contribution in [2.75, 3.05) is 32.8 Å². The molecule has 0 bridgehead atoms. The number of hydrogen-bond donors (Lipinski definition) is 1. The largest absolute Gasteiger partial charge is 0.401 e. The van der Waals surface area contributed by atoms with Crippen molar-refractivity contribution in [2.24, 2.45) is 5.41 Å². The molecule has 1 rings (SSSR count). The number of ether oxygens (including phenoxy) is 1. The third-order valence-electron chi connectivity index (χ3n) is 3.94. The number of nitrogens with one attached hydrogen (secondary N) is 1. The van der Waals surface area contributed by atoms with Gasteiger partial charge in [-0.15, -0.1) is 0 Å². The number of hydrogen-bond acceptors (Lipinski definition) is 3. The zero-order valence-corrected chi connectivity index (χ0v) is 13.6. The van der Waals surface area contributed by atoms with E-state index in [1.54, 1.807) is 0 Å². The van der Waals surface area contributed by atoms with Gasteiger partial charge in [-0.1, -0.05) is 13.8 Å². The Morgan fingerprint density at radius 1 is 1.24 bits per heavy atom. The van der Waals surface area contributed by atoms with E-state index in [2.05, 4.69) is 5.32 Å². The Bertz CT molecular complexity index is 300. The summed E-state index contributed by atoms with van der Waals surface area (Å²) < 4.78 is 43.9. The molecule has 1 saturated heterocycles. The van der Waals surface area contributed by atoms with Crippen LogP contribution in [0.4, 0.5) is 13.2 Å². The summed E-state index contributed by atoms with van der Waals surface area (Å²) in [6.45, 7) is 9.25. The zero-order valence-electron chi connectivity index (χ0n) is 13.6. The highest BCUT2D eigenvalue weighted by molar-refractivity contribution is 4.89. The molecule has 21 heavy (non-hydrogen) atoms. The average Bonchev–Trinajstić information content (AvgIpc) is 2.35. The van der Waals surface area contributed by atoms with E-state index in [1.807, 2.05) is 27.7 Å². The van der Waals surface area contributed by atoms with Crippen molar-refractivity contribution in [2.45, 2.75) is 58.8 Å². The zero-order chi connectivity index (χ0) is 16.1. The minimum atomic E-state index is -4.16. The normalized spacial score (nSPS) is 24.3. The maximum atomic E-state index is 12.8. The molecule has 0 aliphatic carbocycles. The van der Waals surface area contributed by atoms with E-state index in [-0.39, 0.29) is 11.5 Å². The molecular weight excluding hydrogens is 281 g/mol. The van der Waals surface area contributed by atoms with Crippen LogP contribution in [-0.4, -0.2) is 56.0 Å². The molecule has 0 aromatic carbocycles. The van der Waals surface area contributed by atoms with Gasteiger partial charge in [-0.05, 0) is 26.7 Å². The number of alkyl halides is 3. The predicted octanol–water partition coefficient (Wildman–Crippen LogP) is 3.05. The summed E-state index contributed by atoms with van der Waals surface area (Å²) >= 11 is 0. The summed E-state index contributed by atoms with van der Waals surface area (Å²) in [5, 5.41) is 3.38. The highest BCUT2D eigenvalue weighted by atomic mass is 19.4. The van der Waals surface area contributed by atoms with Crippen LogP contribution in [0.3, 0.4) is 0 Å². The average molecular weight is 310 g/mol. The number of halogens is 3. The van der Waals surface area contributed by atoms with Crippen LogP contribution in [0.25, 0.3) is 0 Å². The lowest BCUT2D eigenvalue weighted by atomic mass is 9.81. The van der Waals surface area contributed by atoms with Gasteiger partial charge in [-0.25, -0.2) is 0 Å². The summed E-state index contributed by atoms with van der Waals surface area (Å²) in [6.07, 6.45) is -2.34. The van der Waals surface area contributed by atoms with Gasteiger partial charge in [-0.3, -0.25) is 4.90 Å². The molecule has 1 heterocycles. The highest BCUT2D eigenvalue weighted by Crippen LogP contribution is 2.31. The first-order chi connectivity index (χ1) is 9.64. The Hall–Kier alpha value is -0.330. The van der Waals surface area contributed by atoms with Gasteiger partial charge in [0, 0.05) is 37.2 Å². The third kappa shape index (κ3) is 6.98. The smallest absolute Gasteiger partial charge is 0.381 e. The van der Waals surface area contributed by atoms with E-state index in [0.29, 0.717) is 32.3 Å². The molecule has 1 fully saturated rings. The maximum Gasteiger partial charge on any atom is 0.401 e. The van der Waals surface area contributed by atoms with Crippen LogP contribution in [0, 0.1) is 5.41 Å². The van der Waals surface area contributed by atoms with Gasteiger partial charge in [0.25, 0.3) is 0 Å². The lowest BCUT2D eigenvalue weighted by Gasteiger charge is -2.43. The Kier molecular flexibility index (Phi) is 6.94. The van der Waals surface area contributed by atoms with Gasteiger partial charge in [-0.2, -0.15) is 13.2 Å². The fourth-order valence-corrected chi connectivity index (χ4v) is 2.73. The van der Waals surface area contributed by atoms with Crippen LogP contribution in [0.5, 0.6) is 0 Å². The molecule has 6 heteroatoms. The van der Waals surface area contributed by atoms with Crippen LogP contribution in [0.2, 0.25) is 0 Å². The molecular formula is C15H29F3N2O. The van der Waals surface area contributed by atoms with Crippen molar-refractivity contribution < 1.29 is 17.9 Å². The molecule has 1 unspecified atom stereocenters. The molecule has 0 aromatic rings. The van der Waals surface area contributed by atoms with Crippen molar-refractivity contribution >= 4 is 0 Å². The molecule has 1 atom stereocenters. The van der Waals surface area contributed by atoms with Crippen LogP contribution in [-0.2, 0) is 4.74 Å². The fraction of sp³-hybridized carbons (Fsp3) is 1.00. The molecule has 0 spiro atoms. The van der Waals surface area contributed by atoms with Crippen LogP contribution >= 0.6 is 0 Å². The first-order valence-electron chi connectivity index (χ1n) is 7.75. The van der Waals surface area contributed by atoms with Gasteiger partial charge < -0.3 is 10.1 Å². The summed E-state index contributed by atoms with van der Waals surface area (Å²) in [4.78, 5) is 1.52. The van der Waals surface area contributed by atoms with E-state index in [4.69, 9.17) is 4.74 Å². The fourth-order valence-electron chi connectivity index (χ4n) is 2.73. The molecule has 1 N–H and O–H groups in total. The van der Waals surface area contributed by atoms with Gasteiger partial charge in [0.15, 0.2) is 0 Å². The highest BCUT2D eigenvalue weighted by Gasteiger charge is 2.39. The summed E-state index contributed by atoms with van der Waals surface area (Å²) in [5.74, 6) is 0. The third-order valence-corrected chi connectivity index (χ3v) is 3.94. The van der Waals surface area contributed by atoms with E-state index in [9.17, 15) is 13.2 Å². The van der Waals surface area contributed by atoms with E-state index in [1.165, 1.54) is 4.90 Å². The van der Waals surface area contributed by atoms with Gasteiger partial charge in [0.2, 0.25) is 0 Å². The van der Waals surface area contributed by atoms with Crippen LogP contribution in [0.15, 0.2) is 0 Å². The van der Waals surface area contributed by atoms with Gasteiger partial charge in [0.1, 0.15) is 0 Å². The van der Waals surface area contributed by atoms with Crippen molar-refractivity contribution in [3.63, 3.8) is 0 Å². The lowest BCUT2D eigenvalue weighted by molar-refractivity contribution is -0.156. The van der Waals surface area contributed by atoms with Gasteiger partial charge in [0.05, 0.1) is 13.2 Å². The van der Waals surface area contributed by atoms with Crippen molar-refractivity contribution in [3.05, 3.63) is 0 Å². The summed E-state index contributed by atoms with van der Waals surface area (Å²) in [5.41, 5.74) is -0.224. The second-order valence-electron chi connectivity index (χ2n) is 6.81. The summed E-state index contributed by atoms with van der Waals surface area (Å²) in [6, 6.07) is 0.184. The molecule has 0 aromatic heterocycles. The Balaban J connectivity index is 2.76. The van der Waals surface area contributed by atoms with Gasteiger partial charge >= 0.3 is 6.18 Å². The molecule has 0 radical (unpaired) electrons. The lowest BCUT2D eigenvalue weighted by Crippen LogP contribution is -2.53. The first-order valence-corrected chi connectivity index (χ1v) is 7.75. The molecule has 3 nitrogen and oxygen atoms in total. The first kappa shape index (κ1) is 18.7. The molecule has 1 aliphatic rings. The molecule has 0 saturated carbocycles. The maximum absolute atomic E-state index is 12.8. The Morgan fingerprint density at radius 3 is 2.33 bits per heavy atom. The van der Waals surface area contributed by atoms with E-state index >= 15 is 0 Å². The topological polar surface area (TPSA) is 24.5 Å². The monoisotopic (exact) mass is 310 g/mol. The molecule has 1 aliphatic heterocycles. The van der Waals surface area contributed by atoms with Crippen molar-refractivity contribution in [1.29, 1.82) is 0 Å². The van der Waals surface area contributed by atoms with Crippen molar-refractivity contribution in [1.82, 2.24) is 10.2 Å². The molecule has 126 valence electrons. The minimum Gasteiger partial charge on any atom is -0.381 e. The SMILES string of the molecule is CC(C)NCC1(CN(CC(F)(F)F)C(C)C)CCCOC1. The predicted molar refractivity (Wildman–Crippen MR) is 78.4 cm³/mol. The van der Waals surface area contributed by atoms with E-state index in [0.717, 1.165) is 12.8 Å². The number of rotatable bonds is 7. The van der Waals surface area contributed by atoms with Crippen LogP contribution < -0.4 is 5.32 Å². The second-order valence-corrected chi connectivity index (χ2v) is 6.81. The van der Waals surface area contributed by atoms with Crippen LogP contribution in [0.1, 0.15) is 40.5 Å². The summed E-state index contributed by atoms with van der Waals surface area (Å²) in [7, 11) is 0. The minimum absolute atomic E-state index is 0.135. The Morgan fingerprint density at radius 2 is 1.90 bits per heavy atom. The number of nitrogens with zero attached hydrogens (tertiary/aromatic N) is 1. The second kappa shape index (κ2) is 7.79.